The highest BCUT2D eigenvalue weighted by molar-refractivity contribution is 5.99. The minimum absolute atomic E-state index is 0.297. The van der Waals surface area contributed by atoms with E-state index < -0.39 is 5.54 Å². The third-order valence-corrected chi connectivity index (χ3v) is 2.37. The number of terminal acetylenes is 1. The Kier molecular flexibility index (Phi) is 4.22. The predicted molar refractivity (Wildman–Crippen MR) is 72.4 cm³/mol. The van der Waals surface area contributed by atoms with Crippen molar-refractivity contribution >= 4 is 11.6 Å². The maximum atomic E-state index is 12.1. The molecule has 0 saturated heterocycles. The van der Waals surface area contributed by atoms with Gasteiger partial charge < -0.3 is 15.8 Å². The highest BCUT2D eigenvalue weighted by atomic mass is 16.5. The van der Waals surface area contributed by atoms with Crippen LogP contribution in [0.25, 0.3) is 0 Å². The Morgan fingerprint density at radius 3 is 2.78 bits per heavy atom. The fourth-order valence-corrected chi connectivity index (χ4v) is 1.43. The summed E-state index contributed by atoms with van der Waals surface area (Å²) in [5.41, 5.74) is 5.90. The van der Waals surface area contributed by atoms with Gasteiger partial charge in [-0.3, -0.25) is 4.79 Å². The first kappa shape index (κ1) is 13.9. The Morgan fingerprint density at radius 2 is 2.22 bits per heavy atom. The molecule has 0 atom stereocenters. The zero-order valence-corrected chi connectivity index (χ0v) is 10.9. The predicted octanol–water partition coefficient (Wildman–Crippen LogP) is 1.81. The van der Waals surface area contributed by atoms with Crippen LogP contribution in [-0.4, -0.2) is 18.1 Å². The number of ether oxygens (including phenoxy) is 1. The van der Waals surface area contributed by atoms with Gasteiger partial charge in [-0.1, -0.05) is 12.0 Å². The molecule has 0 aliphatic heterocycles. The Balaban J connectivity index is 3.07. The molecule has 0 bridgehead atoms. The van der Waals surface area contributed by atoms with Crippen LogP contribution in [0.4, 0.5) is 5.69 Å². The number of hydrogen-bond acceptors (Lipinski definition) is 3. The quantitative estimate of drug-likeness (QED) is 0.629. The second-order valence-corrected chi connectivity index (χ2v) is 4.38. The number of rotatable bonds is 4. The Bertz CT molecular complexity index is 487. The summed E-state index contributed by atoms with van der Waals surface area (Å²) in [6.07, 6.45) is 5.34. The van der Waals surface area contributed by atoms with Gasteiger partial charge in [0.1, 0.15) is 0 Å². The third kappa shape index (κ3) is 3.17. The van der Waals surface area contributed by atoms with E-state index in [2.05, 4.69) is 11.2 Å². The number of nitrogen functional groups attached to an aromatic ring is 1. The summed E-state index contributed by atoms with van der Waals surface area (Å²) in [5.74, 6) is 2.60. The van der Waals surface area contributed by atoms with Crippen LogP contribution in [0.1, 0.15) is 31.1 Å². The summed E-state index contributed by atoms with van der Waals surface area (Å²) in [6, 6.07) is 5.05. The van der Waals surface area contributed by atoms with Gasteiger partial charge in [-0.05, 0) is 32.9 Å². The van der Waals surface area contributed by atoms with Crippen LogP contribution in [-0.2, 0) is 0 Å². The van der Waals surface area contributed by atoms with Gasteiger partial charge in [0.25, 0.3) is 5.91 Å². The van der Waals surface area contributed by atoms with Gasteiger partial charge in [0, 0.05) is 0 Å². The molecule has 0 spiro atoms. The van der Waals surface area contributed by atoms with Crippen molar-refractivity contribution in [3.63, 3.8) is 0 Å². The van der Waals surface area contributed by atoms with Crippen molar-refractivity contribution in [3.8, 4) is 18.1 Å². The van der Waals surface area contributed by atoms with Crippen LogP contribution in [0.2, 0.25) is 0 Å². The molecule has 0 unspecified atom stereocenters. The Hall–Kier alpha value is -2.15. The fourth-order valence-electron chi connectivity index (χ4n) is 1.43. The highest BCUT2D eigenvalue weighted by Crippen LogP contribution is 2.26. The summed E-state index contributed by atoms with van der Waals surface area (Å²) in [5, 5.41) is 2.74. The van der Waals surface area contributed by atoms with Crippen molar-refractivity contribution in [1.82, 2.24) is 5.32 Å². The van der Waals surface area contributed by atoms with Crippen molar-refractivity contribution in [3.05, 3.63) is 23.8 Å². The number of amides is 1. The lowest BCUT2D eigenvalue weighted by Gasteiger charge is -2.21. The Labute approximate surface area is 108 Å². The molecule has 0 saturated carbocycles. The molecular weight excluding hydrogens is 228 g/mol. The van der Waals surface area contributed by atoms with Crippen LogP contribution >= 0.6 is 0 Å². The molecule has 1 aromatic rings. The highest BCUT2D eigenvalue weighted by Gasteiger charge is 2.21. The molecule has 0 heterocycles. The van der Waals surface area contributed by atoms with Crippen LogP contribution in [0.3, 0.4) is 0 Å². The van der Waals surface area contributed by atoms with E-state index in [-0.39, 0.29) is 5.91 Å². The molecule has 0 fully saturated rings. The maximum Gasteiger partial charge on any atom is 0.256 e. The number of nitrogens with two attached hydrogens (primary N) is 1. The number of benzene rings is 1. The van der Waals surface area contributed by atoms with Crippen molar-refractivity contribution in [2.24, 2.45) is 0 Å². The summed E-state index contributed by atoms with van der Waals surface area (Å²) in [6.45, 7) is 5.77. The topological polar surface area (TPSA) is 64.4 Å². The zero-order chi connectivity index (χ0) is 13.8. The lowest BCUT2D eigenvalue weighted by atomic mass is 10.1. The lowest BCUT2D eigenvalue weighted by Crippen LogP contribution is -2.42. The second-order valence-electron chi connectivity index (χ2n) is 4.38. The van der Waals surface area contributed by atoms with E-state index in [4.69, 9.17) is 16.9 Å². The van der Waals surface area contributed by atoms with E-state index in [0.717, 1.165) is 0 Å². The average molecular weight is 246 g/mol. The monoisotopic (exact) mass is 246 g/mol. The normalized spacial score (nSPS) is 10.6. The SMILES string of the molecule is C#CC(C)(C)NC(=O)c1cccc(N)c1OCC. The minimum Gasteiger partial charge on any atom is -0.491 e. The van der Waals surface area contributed by atoms with E-state index >= 15 is 0 Å². The van der Waals surface area contributed by atoms with E-state index in [1.807, 2.05) is 6.92 Å². The van der Waals surface area contributed by atoms with E-state index in [1.54, 1.807) is 32.0 Å². The van der Waals surface area contributed by atoms with Crippen LogP contribution in [0.15, 0.2) is 18.2 Å². The Morgan fingerprint density at radius 1 is 1.56 bits per heavy atom. The third-order valence-electron chi connectivity index (χ3n) is 2.37. The van der Waals surface area contributed by atoms with Crippen molar-refractivity contribution in [1.29, 1.82) is 0 Å². The van der Waals surface area contributed by atoms with Gasteiger partial charge in [-0.15, -0.1) is 6.42 Å². The van der Waals surface area contributed by atoms with Crippen molar-refractivity contribution in [2.45, 2.75) is 26.3 Å². The zero-order valence-electron chi connectivity index (χ0n) is 10.9. The molecule has 1 amide bonds. The smallest absolute Gasteiger partial charge is 0.256 e. The van der Waals surface area contributed by atoms with E-state index in [1.165, 1.54) is 0 Å². The summed E-state index contributed by atoms with van der Waals surface area (Å²) in [4.78, 5) is 12.1. The molecular formula is C14H18N2O2. The standard InChI is InChI=1S/C14H18N2O2/c1-5-14(3,4)16-13(17)10-8-7-9-11(15)12(10)18-6-2/h1,7-9H,6,15H2,2-4H3,(H,16,17). The molecule has 4 heteroatoms. The number of anilines is 1. The molecule has 18 heavy (non-hydrogen) atoms. The first-order valence-corrected chi connectivity index (χ1v) is 5.73. The van der Waals surface area contributed by atoms with Gasteiger partial charge in [0.2, 0.25) is 0 Å². The number of carbonyl (C=O) groups is 1. The minimum atomic E-state index is -0.717. The van der Waals surface area contributed by atoms with Crippen LogP contribution in [0.5, 0.6) is 5.75 Å². The molecule has 0 aliphatic rings. The summed E-state index contributed by atoms with van der Waals surface area (Å²) < 4.78 is 5.40. The summed E-state index contributed by atoms with van der Waals surface area (Å²) >= 11 is 0. The largest absolute Gasteiger partial charge is 0.491 e. The number of para-hydroxylation sites is 1. The van der Waals surface area contributed by atoms with Crippen molar-refractivity contribution < 1.29 is 9.53 Å². The summed E-state index contributed by atoms with van der Waals surface area (Å²) in [7, 11) is 0. The molecule has 3 N–H and O–H groups in total. The number of carbonyl (C=O) groups excluding carboxylic acids is 1. The van der Waals surface area contributed by atoms with Crippen LogP contribution in [0, 0.1) is 12.3 Å². The molecule has 0 radical (unpaired) electrons. The average Bonchev–Trinajstić information content (AvgIpc) is 2.31. The molecule has 1 aromatic carbocycles. The van der Waals surface area contributed by atoms with E-state index in [9.17, 15) is 4.79 Å². The van der Waals surface area contributed by atoms with Gasteiger partial charge in [-0.2, -0.15) is 0 Å². The number of hydrogen-bond donors (Lipinski definition) is 2. The van der Waals surface area contributed by atoms with Crippen molar-refractivity contribution in [2.75, 3.05) is 12.3 Å². The van der Waals surface area contributed by atoms with Gasteiger partial charge >= 0.3 is 0 Å². The molecule has 4 nitrogen and oxygen atoms in total. The van der Waals surface area contributed by atoms with Gasteiger partial charge in [-0.25, -0.2) is 0 Å². The lowest BCUT2D eigenvalue weighted by molar-refractivity contribution is 0.0926. The first-order chi connectivity index (χ1) is 8.41. The second kappa shape index (κ2) is 5.46. The maximum absolute atomic E-state index is 12.1. The molecule has 96 valence electrons. The van der Waals surface area contributed by atoms with Gasteiger partial charge in [0.15, 0.2) is 5.75 Å². The van der Waals surface area contributed by atoms with E-state index in [0.29, 0.717) is 23.6 Å². The van der Waals surface area contributed by atoms with Gasteiger partial charge in [0.05, 0.1) is 23.4 Å². The molecule has 1 rings (SSSR count). The van der Waals surface area contributed by atoms with Crippen LogP contribution < -0.4 is 15.8 Å². The number of nitrogens with one attached hydrogen (secondary N) is 1. The fraction of sp³-hybridized carbons (Fsp3) is 0.357. The first-order valence-electron chi connectivity index (χ1n) is 5.73. The molecule has 0 aliphatic carbocycles. The molecule has 0 aromatic heterocycles.